The third-order valence-corrected chi connectivity index (χ3v) is 4.66. The van der Waals surface area contributed by atoms with Crippen molar-refractivity contribution in [1.82, 2.24) is 4.90 Å². The number of imide groups is 1. The van der Waals surface area contributed by atoms with Gasteiger partial charge in [0.1, 0.15) is 12.4 Å². The fourth-order valence-electron chi connectivity index (χ4n) is 2.78. The first-order chi connectivity index (χ1) is 13.2. The second-order valence-electron chi connectivity index (χ2n) is 5.70. The molecule has 3 rings (SSSR count). The molecule has 2 atom stereocenters. The average Bonchev–Trinajstić information content (AvgIpc) is 2.99. The maximum absolute atomic E-state index is 14.6. The van der Waals surface area contributed by atoms with E-state index in [4.69, 9.17) is 8.85 Å². The molecule has 2 aromatic rings. The zero-order valence-corrected chi connectivity index (χ0v) is 14.7. The summed E-state index contributed by atoms with van der Waals surface area (Å²) < 4.78 is 43.0. The van der Waals surface area contributed by atoms with E-state index >= 15 is 0 Å². The SMILES string of the molecule is [2H]C([2H])([2H])[C@H](C(=O)N1C(=O)OC[C@@H]1Cc1ccccc1)c1cccc(Br)c1F. The van der Waals surface area contributed by atoms with Gasteiger partial charge in [0.15, 0.2) is 0 Å². The Morgan fingerprint density at radius 2 is 2.12 bits per heavy atom. The molecule has 1 saturated heterocycles. The molecule has 1 aliphatic heterocycles. The van der Waals surface area contributed by atoms with E-state index in [0.29, 0.717) is 6.42 Å². The van der Waals surface area contributed by atoms with E-state index in [1.807, 2.05) is 30.3 Å². The summed E-state index contributed by atoms with van der Waals surface area (Å²) in [5.41, 5.74) is 0.570. The summed E-state index contributed by atoms with van der Waals surface area (Å²) in [6.07, 6.45) is -0.608. The lowest BCUT2D eigenvalue weighted by Crippen LogP contribution is -2.42. The van der Waals surface area contributed by atoms with Gasteiger partial charge in [-0.15, -0.1) is 0 Å². The number of carbonyl (C=O) groups is 2. The smallest absolute Gasteiger partial charge is 0.417 e. The highest BCUT2D eigenvalue weighted by Crippen LogP contribution is 2.29. The van der Waals surface area contributed by atoms with Crippen molar-refractivity contribution >= 4 is 27.9 Å². The van der Waals surface area contributed by atoms with Crippen molar-refractivity contribution in [2.24, 2.45) is 0 Å². The van der Waals surface area contributed by atoms with Crippen LogP contribution in [-0.4, -0.2) is 29.5 Å². The molecule has 2 amide bonds. The highest BCUT2D eigenvalue weighted by molar-refractivity contribution is 9.10. The van der Waals surface area contributed by atoms with Gasteiger partial charge in [0.05, 0.1) is 16.4 Å². The summed E-state index contributed by atoms with van der Waals surface area (Å²) in [6, 6.07) is 12.6. The summed E-state index contributed by atoms with van der Waals surface area (Å²) in [5, 5.41) is 0. The van der Waals surface area contributed by atoms with E-state index in [0.717, 1.165) is 10.5 Å². The minimum absolute atomic E-state index is 0.0388. The molecule has 4 nitrogen and oxygen atoms in total. The lowest BCUT2D eigenvalue weighted by molar-refractivity contribution is -0.130. The van der Waals surface area contributed by atoms with Crippen molar-refractivity contribution in [2.45, 2.75) is 25.2 Å². The number of nitrogens with zero attached hydrogens (tertiary/aromatic N) is 1. The zero-order chi connectivity index (χ0) is 20.5. The molecule has 0 saturated carbocycles. The first-order valence-electron chi connectivity index (χ1n) is 9.18. The standard InChI is InChI=1S/C19H17BrFNO3/c1-12(15-8-5-9-16(20)17(15)21)18(23)22-14(11-25-19(22)24)10-13-6-3-2-4-7-13/h2-9,12,14H,10-11H2,1H3/t12-,14-/m0/s1/i1D3. The largest absolute Gasteiger partial charge is 0.447 e. The fourth-order valence-corrected chi connectivity index (χ4v) is 3.16. The molecule has 1 heterocycles. The van der Waals surface area contributed by atoms with E-state index in [-0.39, 0.29) is 16.6 Å². The predicted molar refractivity (Wildman–Crippen MR) is 94.6 cm³/mol. The Labute approximate surface area is 157 Å². The molecular formula is C19H17BrFNO3. The first kappa shape index (κ1) is 14.0. The van der Waals surface area contributed by atoms with Crippen molar-refractivity contribution in [2.75, 3.05) is 6.61 Å². The number of ether oxygens (including phenoxy) is 1. The van der Waals surface area contributed by atoms with Gasteiger partial charge >= 0.3 is 6.09 Å². The van der Waals surface area contributed by atoms with E-state index in [9.17, 15) is 14.0 Å². The van der Waals surface area contributed by atoms with Crippen LogP contribution in [0, 0.1) is 5.82 Å². The highest BCUT2D eigenvalue weighted by Gasteiger charge is 2.40. The van der Waals surface area contributed by atoms with E-state index < -0.39 is 36.6 Å². The van der Waals surface area contributed by atoms with Crippen LogP contribution in [0.2, 0.25) is 0 Å². The maximum Gasteiger partial charge on any atom is 0.417 e. The predicted octanol–water partition coefficient (Wildman–Crippen LogP) is 4.28. The summed E-state index contributed by atoms with van der Waals surface area (Å²) in [5.74, 6) is -3.67. The lowest BCUT2D eigenvalue weighted by Gasteiger charge is -2.23. The van der Waals surface area contributed by atoms with E-state index in [1.54, 1.807) is 0 Å². The third-order valence-electron chi connectivity index (χ3n) is 4.05. The van der Waals surface area contributed by atoms with Crippen molar-refractivity contribution in [3.63, 3.8) is 0 Å². The molecule has 130 valence electrons. The second-order valence-corrected chi connectivity index (χ2v) is 6.56. The number of cyclic esters (lactones) is 1. The maximum atomic E-state index is 14.6. The van der Waals surface area contributed by atoms with Crippen LogP contribution in [-0.2, 0) is 16.0 Å². The van der Waals surface area contributed by atoms with Crippen LogP contribution in [0.5, 0.6) is 0 Å². The van der Waals surface area contributed by atoms with Crippen molar-refractivity contribution < 1.29 is 22.8 Å². The second kappa shape index (κ2) is 7.35. The van der Waals surface area contributed by atoms with Gasteiger partial charge in [0.25, 0.3) is 0 Å². The zero-order valence-electron chi connectivity index (χ0n) is 16.1. The van der Waals surface area contributed by atoms with Gasteiger partial charge in [0.2, 0.25) is 5.91 Å². The molecule has 0 bridgehead atoms. The summed E-state index contributed by atoms with van der Waals surface area (Å²) in [6.45, 7) is -2.90. The Morgan fingerprint density at radius 3 is 2.84 bits per heavy atom. The number of rotatable bonds is 4. The number of amides is 2. The molecular weight excluding hydrogens is 389 g/mol. The molecule has 1 aliphatic rings. The Morgan fingerprint density at radius 1 is 1.36 bits per heavy atom. The normalized spacial score (nSPS) is 20.4. The van der Waals surface area contributed by atoms with Crippen LogP contribution in [0.1, 0.15) is 28.0 Å². The fraction of sp³-hybridized carbons (Fsp3) is 0.263. The Hall–Kier alpha value is -2.21. The highest BCUT2D eigenvalue weighted by atomic mass is 79.9. The van der Waals surface area contributed by atoms with Crippen molar-refractivity contribution in [1.29, 1.82) is 0 Å². The Kier molecular flexibility index (Phi) is 4.12. The number of benzene rings is 2. The van der Waals surface area contributed by atoms with E-state index in [2.05, 4.69) is 15.9 Å². The van der Waals surface area contributed by atoms with Crippen LogP contribution < -0.4 is 0 Å². The monoisotopic (exact) mass is 408 g/mol. The van der Waals surface area contributed by atoms with E-state index in [1.165, 1.54) is 18.2 Å². The van der Waals surface area contributed by atoms with Gasteiger partial charge in [0, 0.05) is 9.68 Å². The molecule has 0 radical (unpaired) electrons. The summed E-state index contributed by atoms with van der Waals surface area (Å²) >= 11 is 3.01. The van der Waals surface area contributed by atoms with Crippen LogP contribution in [0.4, 0.5) is 9.18 Å². The van der Waals surface area contributed by atoms with Gasteiger partial charge in [-0.1, -0.05) is 42.5 Å². The molecule has 0 aromatic heterocycles. The molecule has 6 heteroatoms. The molecule has 25 heavy (non-hydrogen) atoms. The molecule has 1 fully saturated rings. The third kappa shape index (κ3) is 3.58. The van der Waals surface area contributed by atoms with Gasteiger partial charge in [-0.2, -0.15) is 0 Å². The van der Waals surface area contributed by atoms with Crippen molar-refractivity contribution in [3.05, 3.63) is 69.9 Å². The first-order valence-corrected chi connectivity index (χ1v) is 8.47. The molecule has 0 N–H and O–H groups in total. The number of hydrogen-bond donors (Lipinski definition) is 0. The topological polar surface area (TPSA) is 46.6 Å². The molecule has 2 aromatic carbocycles. The number of hydrogen-bond acceptors (Lipinski definition) is 3. The molecule has 0 spiro atoms. The van der Waals surface area contributed by atoms with Crippen LogP contribution >= 0.6 is 15.9 Å². The quantitative estimate of drug-likeness (QED) is 0.758. The molecule has 0 aliphatic carbocycles. The average molecular weight is 409 g/mol. The van der Waals surface area contributed by atoms with Crippen LogP contribution in [0.15, 0.2) is 53.0 Å². The summed E-state index contributed by atoms with van der Waals surface area (Å²) in [7, 11) is 0. The number of carbonyl (C=O) groups excluding carboxylic acids is 2. The minimum Gasteiger partial charge on any atom is -0.447 e. The Balaban J connectivity index is 1.97. The summed E-state index contributed by atoms with van der Waals surface area (Å²) in [4.78, 5) is 26.2. The number of halogens is 2. The van der Waals surface area contributed by atoms with Crippen LogP contribution in [0.3, 0.4) is 0 Å². The van der Waals surface area contributed by atoms with Gasteiger partial charge in [-0.05, 0) is 40.8 Å². The molecule has 0 unspecified atom stereocenters. The Bertz CT molecular complexity index is 892. The lowest BCUT2D eigenvalue weighted by atomic mass is 9.97. The van der Waals surface area contributed by atoms with Gasteiger partial charge in [-0.25, -0.2) is 14.1 Å². The van der Waals surface area contributed by atoms with Crippen molar-refractivity contribution in [3.8, 4) is 0 Å². The minimum atomic E-state index is -2.85. The van der Waals surface area contributed by atoms with Crippen LogP contribution in [0.25, 0.3) is 0 Å². The van der Waals surface area contributed by atoms with Gasteiger partial charge < -0.3 is 4.74 Å². The van der Waals surface area contributed by atoms with Gasteiger partial charge in [-0.3, -0.25) is 4.79 Å².